The second-order valence-corrected chi connectivity index (χ2v) is 15.2. The molecule has 0 bridgehead atoms. The molecule has 0 aliphatic carbocycles. The van der Waals surface area contributed by atoms with Gasteiger partial charge < -0.3 is 14.6 Å². The number of halogens is 1. The van der Waals surface area contributed by atoms with Crippen LogP contribution in [0, 0.1) is 5.92 Å². The molecule has 0 radical (unpaired) electrons. The summed E-state index contributed by atoms with van der Waals surface area (Å²) in [6.07, 6.45) is 27.9. The molecule has 0 aliphatic rings. The van der Waals surface area contributed by atoms with E-state index in [-0.39, 0.29) is 18.8 Å². The summed E-state index contributed by atoms with van der Waals surface area (Å²) in [5, 5.41) is 10.6. The highest BCUT2D eigenvalue weighted by Crippen LogP contribution is 2.37. The third-order valence-electron chi connectivity index (χ3n) is 9.70. The highest BCUT2D eigenvalue weighted by atomic mass is 79.9. The van der Waals surface area contributed by atoms with E-state index in [9.17, 15) is 19.5 Å². The zero-order valence-corrected chi connectivity index (χ0v) is 32.0. The van der Waals surface area contributed by atoms with Gasteiger partial charge >= 0.3 is 11.9 Å². The molecule has 6 heteroatoms. The third-order valence-corrected chi connectivity index (χ3v) is 10.2. The summed E-state index contributed by atoms with van der Waals surface area (Å²) in [7, 11) is 0. The SMILES string of the molecule is CCCCCCCCCCCCCCCC(=O)OC(CCCCCCCCCCCC(C)C)[C@](CC=O)(C(=O)O)c1ccc(Br)cc1. The monoisotopic (exact) mass is 720 g/mol. The van der Waals surface area contributed by atoms with Gasteiger partial charge in [-0.15, -0.1) is 0 Å². The maximum Gasteiger partial charge on any atom is 0.318 e. The van der Waals surface area contributed by atoms with Gasteiger partial charge in [0.2, 0.25) is 0 Å². The molecule has 0 saturated carbocycles. The molecule has 2 atom stereocenters. The lowest BCUT2D eigenvalue weighted by Gasteiger charge is -2.36. The first-order chi connectivity index (χ1) is 22.8. The van der Waals surface area contributed by atoms with E-state index in [0.717, 1.165) is 48.9 Å². The van der Waals surface area contributed by atoms with Crippen LogP contribution in [-0.2, 0) is 24.5 Å². The molecule has 0 amide bonds. The van der Waals surface area contributed by atoms with Crippen molar-refractivity contribution in [3.63, 3.8) is 0 Å². The molecule has 0 saturated heterocycles. The first-order valence-corrected chi connectivity index (χ1v) is 20.2. The van der Waals surface area contributed by atoms with Crippen molar-refractivity contribution in [1.29, 1.82) is 0 Å². The van der Waals surface area contributed by atoms with Gasteiger partial charge in [-0.2, -0.15) is 0 Å². The van der Waals surface area contributed by atoms with Crippen molar-refractivity contribution in [2.45, 2.75) is 199 Å². The fourth-order valence-corrected chi connectivity index (χ4v) is 6.96. The average Bonchev–Trinajstić information content (AvgIpc) is 3.04. The Balaban J connectivity index is 2.61. The van der Waals surface area contributed by atoms with Crippen LogP contribution in [0.2, 0.25) is 0 Å². The Morgan fingerprint density at radius 2 is 1.13 bits per heavy atom. The molecule has 0 fully saturated rings. The molecule has 5 nitrogen and oxygen atoms in total. The summed E-state index contributed by atoms with van der Waals surface area (Å²) in [4.78, 5) is 38.0. The van der Waals surface area contributed by atoms with E-state index in [4.69, 9.17) is 4.74 Å². The Kier molecular flexibility index (Phi) is 26.0. The minimum Gasteiger partial charge on any atom is -0.480 e. The van der Waals surface area contributed by atoms with Gasteiger partial charge in [0.05, 0.1) is 0 Å². The molecular weight excluding hydrogens is 652 g/mol. The first kappa shape index (κ1) is 43.3. The van der Waals surface area contributed by atoms with Gasteiger partial charge in [0.15, 0.2) is 0 Å². The standard InChI is InChI=1S/C41H69BrO5/c1-4-5-6-7-8-9-10-11-12-16-19-22-25-28-39(44)47-38(27-24-21-18-15-13-14-17-20-23-26-35(2)3)41(33-34-43,40(45)46)36-29-31-37(42)32-30-36/h29-32,34-35,38H,4-28,33H2,1-3H3,(H,45,46)/t38?,41-/m1/s1. The molecule has 0 aromatic heterocycles. The number of carboxylic acid groups (broad SMARTS) is 1. The Morgan fingerprint density at radius 3 is 1.55 bits per heavy atom. The molecule has 1 rings (SSSR count). The largest absolute Gasteiger partial charge is 0.480 e. The number of ether oxygens (including phenoxy) is 1. The number of aldehydes is 1. The molecular formula is C41H69BrO5. The van der Waals surface area contributed by atoms with Gasteiger partial charge in [-0.1, -0.05) is 184 Å². The van der Waals surface area contributed by atoms with Crippen molar-refractivity contribution in [1.82, 2.24) is 0 Å². The van der Waals surface area contributed by atoms with Crippen molar-refractivity contribution in [3.8, 4) is 0 Å². The summed E-state index contributed by atoms with van der Waals surface area (Å²) in [5.74, 6) is -0.695. The fourth-order valence-electron chi connectivity index (χ4n) is 6.69. The lowest BCUT2D eigenvalue weighted by molar-refractivity contribution is -0.163. The van der Waals surface area contributed by atoms with E-state index >= 15 is 0 Å². The third kappa shape index (κ3) is 19.8. The van der Waals surface area contributed by atoms with Crippen LogP contribution in [0.15, 0.2) is 28.7 Å². The van der Waals surface area contributed by atoms with Gasteiger partial charge in [-0.05, 0) is 42.9 Å². The second kappa shape index (κ2) is 28.2. The Labute approximate surface area is 296 Å². The predicted octanol–water partition coefficient (Wildman–Crippen LogP) is 12.7. The quantitative estimate of drug-likeness (QED) is 0.0455. The molecule has 0 heterocycles. The summed E-state index contributed by atoms with van der Waals surface area (Å²) in [5.41, 5.74) is -1.11. The van der Waals surface area contributed by atoms with Crippen LogP contribution in [-0.4, -0.2) is 29.4 Å². The molecule has 1 unspecified atom stereocenters. The Bertz CT molecular complexity index is 930. The van der Waals surface area contributed by atoms with Crippen molar-refractivity contribution in [2.24, 2.45) is 5.92 Å². The van der Waals surface area contributed by atoms with Gasteiger partial charge in [0, 0.05) is 17.3 Å². The van der Waals surface area contributed by atoms with Gasteiger partial charge in [0.25, 0.3) is 0 Å². The van der Waals surface area contributed by atoms with Crippen molar-refractivity contribution >= 4 is 34.2 Å². The van der Waals surface area contributed by atoms with Crippen LogP contribution in [0.4, 0.5) is 0 Å². The lowest BCUT2D eigenvalue weighted by Crippen LogP contribution is -2.49. The minimum absolute atomic E-state index is 0.239. The number of aliphatic carboxylic acids is 1. The van der Waals surface area contributed by atoms with Gasteiger partial charge in [-0.25, -0.2) is 0 Å². The number of hydrogen-bond donors (Lipinski definition) is 1. The van der Waals surface area contributed by atoms with Crippen LogP contribution in [0.1, 0.15) is 193 Å². The molecule has 0 aliphatic heterocycles. The number of carbonyl (C=O) groups excluding carboxylic acids is 2. The highest BCUT2D eigenvalue weighted by molar-refractivity contribution is 9.10. The fraction of sp³-hybridized carbons (Fsp3) is 0.780. The van der Waals surface area contributed by atoms with E-state index in [1.807, 2.05) is 0 Å². The van der Waals surface area contributed by atoms with Gasteiger partial charge in [-0.3, -0.25) is 9.59 Å². The number of benzene rings is 1. The van der Waals surface area contributed by atoms with Crippen molar-refractivity contribution in [3.05, 3.63) is 34.3 Å². The van der Waals surface area contributed by atoms with E-state index in [1.54, 1.807) is 24.3 Å². The van der Waals surface area contributed by atoms with Crippen LogP contribution in [0.25, 0.3) is 0 Å². The zero-order valence-electron chi connectivity index (χ0n) is 30.4. The average molecular weight is 722 g/mol. The summed E-state index contributed by atoms with van der Waals surface area (Å²) >= 11 is 3.43. The van der Waals surface area contributed by atoms with Crippen LogP contribution in [0.5, 0.6) is 0 Å². The second-order valence-electron chi connectivity index (χ2n) is 14.3. The lowest BCUT2D eigenvalue weighted by atomic mass is 9.71. The minimum atomic E-state index is -1.61. The number of carbonyl (C=O) groups is 3. The van der Waals surface area contributed by atoms with E-state index in [1.165, 1.54) is 109 Å². The molecule has 0 spiro atoms. The van der Waals surface area contributed by atoms with Crippen LogP contribution >= 0.6 is 15.9 Å². The zero-order chi connectivity index (χ0) is 34.6. The molecule has 1 aromatic carbocycles. The van der Waals surface area contributed by atoms with E-state index < -0.39 is 17.5 Å². The topological polar surface area (TPSA) is 80.7 Å². The molecule has 1 aromatic rings. The summed E-state index contributed by atoms with van der Waals surface area (Å²) in [6, 6.07) is 7.03. The maximum atomic E-state index is 13.1. The molecule has 1 N–H and O–H groups in total. The number of unbranched alkanes of at least 4 members (excludes halogenated alkanes) is 20. The van der Waals surface area contributed by atoms with Crippen LogP contribution < -0.4 is 0 Å². The van der Waals surface area contributed by atoms with Crippen molar-refractivity contribution in [2.75, 3.05) is 0 Å². The Morgan fingerprint density at radius 1 is 0.702 bits per heavy atom. The predicted molar refractivity (Wildman–Crippen MR) is 200 cm³/mol. The normalized spacial score (nSPS) is 13.4. The summed E-state index contributed by atoms with van der Waals surface area (Å²) in [6.45, 7) is 6.82. The van der Waals surface area contributed by atoms with Gasteiger partial charge in [0.1, 0.15) is 17.8 Å². The van der Waals surface area contributed by atoms with Crippen LogP contribution in [0.3, 0.4) is 0 Å². The van der Waals surface area contributed by atoms with E-state index in [2.05, 4.69) is 36.7 Å². The highest BCUT2D eigenvalue weighted by Gasteiger charge is 2.49. The number of rotatable bonds is 32. The van der Waals surface area contributed by atoms with Crippen molar-refractivity contribution < 1.29 is 24.2 Å². The Hall–Kier alpha value is -1.69. The first-order valence-electron chi connectivity index (χ1n) is 19.4. The maximum absolute atomic E-state index is 13.1. The van der Waals surface area contributed by atoms with E-state index in [0.29, 0.717) is 18.3 Å². The smallest absolute Gasteiger partial charge is 0.318 e. The molecule has 47 heavy (non-hydrogen) atoms. The number of hydrogen-bond acceptors (Lipinski definition) is 4. The number of esters is 1. The molecule has 270 valence electrons. The summed E-state index contributed by atoms with van der Waals surface area (Å²) < 4.78 is 6.85. The number of carboxylic acids is 1.